The Morgan fingerprint density at radius 2 is 1.81 bits per heavy atom. The molecular formula is C18H17IN2. The van der Waals surface area contributed by atoms with Gasteiger partial charge in [0, 0.05) is 15.2 Å². The maximum Gasteiger partial charge on any atom is 0.0753 e. The first-order valence-corrected chi connectivity index (χ1v) is 8.20. The van der Waals surface area contributed by atoms with Crippen molar-refractivity contribution in [3.05, 3.63) is 75.5 Å². The molecule has 0 bridgehead atoms. The van der Waals surface area contributed by atoms with Crippen LogP contribution in [-0.2, 0) is 0 Å². The Hall–Kier alpha value is -1.46. The van der Waals surface area contributed by atoms with Gasteiger partial charge in [-0.05, 0) is 58.5 Å². The summed E-state index contributed by atoms with van der Waals surface area (Å²) in [7, 11) is 0. The zero-order chi connectivity index (χ0) is 14.7. The highest BCUT2D eigenvalue weighted by Crippen LogP contribution is 2.28. The van der Waals surface area contributed by atoms with Crippen LogP contribution < -0.4 is 5.32 Å². The van der Waals surface area contributed by atoms with Gasteiger partial charge in [0.05, 0.1) is 11.6 Å². The smallest absolute Gasteiger partial charge is 0.0753 e. The molecule has 1 aromatic heterocycles. The maximum absolute atomic E-state index is 4.59. The monoisotopic (exact) mass is 388 g/mol. The molecular weight excluding hydrogens is 371 g/mol. The van der Waals surface area contributed by atoms with Crippen LogP contribution in [0.15, 0.2) is 60.8 Å². The van der Waals surface area contributed by atoms with Crippen molar-refractivity contribution >= 4 is 33.5 Å². The SMILES string of the molecule is CCNC(c1ccc(I)cc1)c1cccc2cccnc12. The summed E-state index contributed by atoms with van der Waals surface area (Å²) in [5.41, 5.74) is 3.58. The average Bonchev–Trinajstić information content (AvgIpc) is 2.53. The van der Waals surface area contributed by atoms with E-state index in [1.165, 1.54) is 20.1 Å². The Morgan fingerprint density at radius 3 is 2.57 bits per heavy atom. The van der Waals surface area contributed by atoms with Crippen molar-refractivity contribution in [2.75, 3.05) is 6.54 Å². The molecule has 0 spiro atoms. The number of hydrogen-bond donors (Lipinski definition) is 1. The van der Waals surface area contributed by atoms with Gasteiger partial charge < -0.3 is 5.32 Å². The van der Waals surface area contributed by atoms with Crippen LogP contribution in [0.1, 0.15) is 24.1 Å². The van der Waals surface area contributed by atoms with E-state index >= 15 is 0 Å². The lowest BCUT2D eigenvalue weighted by molar-refractivity contribution is 0.633. The number of nitrogens with zero attached hydrogens (tertiary/aromatic N) is 1. The van der Waals surface area contributed by atoms with Gasteiger partial charge >= 0.3 is 0 Å². The second kappa shape index (κ2) is 6.54. The molecule has 106 valence electrons. The minimum atomic E-state index is 0.172. The van der Waals surface area contributed by atoms with Crippen LogP contribution in [0, 0.1) is 3.57 Å². The van der Waals surface area contributed by atoms with Gasteiger partial charge in [0.15, 0.2) is 0 Å². The second-order valence-corrected chi connectivity index (χ2v) is 6.21. The number of nitrogens with one attached hydrogen (secondary N) is 1. The molecule has 21 heavy (non-hydrogen) atoms. The highest BCUT2D eigenvalue weighted by molar-refractivity contribution is 14.1. The largest absolute Gasteiger partial charge is 0.306 e. The molecule has 1 unspecified atom stereocenters. The number of hydrogen-bond acceptors (Lipinski definition) is 2. The number of fused-ring (bicyclic) bond motifs is 1. The topological polar surface area (TPSA) is 24.9 Å². The zero-order valence-electron chi connectivity index (χ0n) is 11.9. The molecule has 1 atom stereocenters. The predicted octanol–water partition coefficient (Wildman–Crippen LogP) is 4.54. The fourth-order valence-electron chi connectivity index (χ4n) is 2.63. The van der Waals surface area contributed by atoms with E-state index in [4.69, 9.17) is 0 Å². The normalized spacial score (nSPS) is 12.5. The summed E-state index contributed by atoms with van der Waals surface area (Å²) in [4.78, 5) is 4.59. The van der Waals surface area contributed by atoms with E-state index in [1.807, 2.05) is 12.3 Å². The molecule has 3 heteroatoms. The van der Waals surface area contributed by atoms with Crippen LogP contribution in [0.4, 0.5) is 0 Å². The highest BCUT2D eigenvalue weighted by atomic mass is 127. The lowest BCUT2D eigenvalue weighted by Gasteiger charge is -2.20. The van der Waals surface area contributed by atoms with Crippen molar-refractivity contribution in [2.24, 2.45) is 0 Å². The Kier molecular flexibility index (Phi) is 4.51. The molecule has 0 aliphatic carbocycles. The van der Waals surface area contributed by atoms with E-state index < -0.39 is 0 Å². The molecule has 0 radical (unpaired) electrons. The van der Waals surface area contributed by atoms with E-state index in [9.17, 15) is 0 Å². The summed E-state index contributed by atoms with van der Waals surface area (Å²) in [5, 5.41) is 4.77. The highest BCUT2D eigenvalue weighted by Gasteiger charge is 2.16. The van der Waals surface area contributed by atoms with Gasteiger partial charge in [-0.25, -0.2) is 0 Å². The maximum atomic E-state index is 4.59. The minimum absolute atomic E-state index is 0.172. The number of benzene rings is 2. The predicted molar refractivity (Wildman–Crippen MR) is 96.4 cm³/mol. The summed E-state index contributed by atoms with van der Waals surface area (Å²) in [6.07, 6.45) is 1.86. The first-order valence-electron chi connectivity index (χ1n) is 7.12. The van der Waals surface area contributed by atoms with E-state index in [0.717, 1.165) is 12.1 Å². The molecule has 0 amide bonds. The van der Waals surface area contributed by atoms with Crippen molar-refractivity contribution < 1.29 is 0 Å². The molecule has 3 rings (SSSR count). The molecule has 1 heterocycles. The number of para-hydroxylation sites is 1. The van der Waals surface area contributed by atoms with Gasteiger partial charge in [0.25, 0.3) is 0 Å². The minimum Gasteiger partial charge on any atom is -0.306 e. The van der Waals surface area contributed by atoms with Crippen molar-refractivity contribution in [3.63, 3.8) is 0 Å². The molecule has 0 saturated carbocycles. The third-order valence-corrected chi connectivity index (χ3v) is 4.31. The van der Waals surface area contributed by atoms with Crippen LogP contribution in [0.25, 0.3) is 10.9 Å². The molecule has 0 fully saturated rings. The first-order chi connectivity index (χ1) is 10.3. The van der Waals surface area contributed by atoms with Crippen molar-refractivity contribution in [2.45, 2.75) is 13.0 Å². The van der Waals surface area contributed by atoms with Gasteiger partial charge in [-0.2, -0.15) is 0 Å². The molecule has 0 aliphatic heterocycles. The zero-order valence-corrected chi connectivity index (χ0v) is 14.0. The van der Waals surface area contributed by atoms with Crippen molar-refractivity contribution in [1.29, 1.82) is 0 Å². The Balaban J connectivity index is 2.13. The second-order valence-electron chi connectivity index (χ2n) is 4.96. The fourth-order valence-corrected chi connectivity index (χ4v) is 2.99. The van der Waals surface area contributed by atoms with Crippen molar-refractivity contribution in [3.8, 4) is 0 Å². The van der Waals surface area contributed by atoms with Crippen molar-refractivity contribution in [1.82, 2.24) is 10.3 Å². The van der Waals surface area contributed by atoms with Crippen LogP contribution in [0.5, 0.6) is 0 Å². The summed E-state index contributed by atoms with van der Waals surface area (Å²) >= 11 is 2.34. The van der Waals surface area contributed by atoms with Gasteiger partial charge in [-0.1, -0.05) is 43.3 Å². The molecule has 2 nitrogen and oxygen atoms in total. The number of halogens is 1. The number of pyridine rings is 1. The Bertz CT molecular complexity index is 732. The van der Waals surface area contributed by atoms with Gasteiger partial charge in [-0.15, -0.1) is 0 Å². The molecule has 1 N–H and O–H groups in total. The molecule has 2 aromatic carbocycles. The van der Waals surface area contributed by atoms with Crippen LogP contribution in [0.2, 0.25) is 0 Å². The first kappa shape index (κ1) is 14.5. The Morgan fingerprint density at radius 1 is 1.05 bits per heavy atom. The fraction of sp³-hybridized carbons (Fsp3) is 0.167. The van der Waals surface area contributed by atoms with E-state index in [-0.39, 0.29) is 6.04 Å². The average molecular weight is 388 g/mol. The standard InChI is InChI=1S/C18H17IN2/c1-2-20-17(14-8-10-15(19)11-9-14)16-7-3-5-13-6-4-12-21-18(13)16/h3-12,17,20H,2H2,1H3. The van der Waals surface area contributed by atoms with Crippen LogP contribution in [-0.4, -0.2) is 11.5 Å². The van der Waals surface area contributed by atoms with Crippen LogP contribution >= 0.6 is 22.6 Å². The van der Waals surface area contributed by atoms with E-state index in [1.54, 1.807) is 0 Å². The molecule has 3 aromatic rings. The lowest BCUT2D eigenvalue weighted by atomic mass is 9.96. The number of rotatable bonds is 4. The van der Waals surface area contributed by atoms with Gasteiger partial charge in [0.1, 0.15) is 0 Å². The van der Waals surface area contributed by atoms with Crippen LogP contribution in [0.3, 0.4) is 0 Å². The molecule has 0 saturated heterocycles. The summed E-state index contributed by atoms with van der Waals surface area (Å²) in [6.45, 7) is 3.05. The summed E-state index contributed by atoms with van der Waals surface area (Å²) < 4.78 is 1.25. The van der Waals surface area contributed by atoms with Gasteiger partial charge in [0.2, 0.25) is 0 Å². The number of aromatic nitrogens is 1. The quantitative estimate of drug-likeness (QED) is 0.664. The Labute approximate surface area is 138 Å². The summed E-state index contributed by atoms with van der Waals surface area (Å²) in [6, 6.07) is 19.3. The molecule has 0 aliphatic rings. The lowest BCUT2D eigenvalue weighted by Crippen LogP contribution is -2.22. The summed E-state index contributed by atoms with van der Waals surface area (Å²) in [5.74, 6) is 0. The van der Waals surface area contributed by atoms with E-state index in [2.05, 4.69) is 88.3 Å². The third kappa shape index (κ3) is 3.09. The third-order valence-electron chi connectivity index (χ3n) is 3.59. The van der Waals surface area contributed by atoms with E-state index in [0.29, 0.717) is 0 Å². The van der Waals surface area contributed by atoms with Gasteiger partial charge in [-0.3, -0.25) is 4.98 Å².